The Morgan fingerprint density at radius 1 is 1.25 bits per heavy atom. The molecule has 0 aromatic carbocycles. The quantitative estimate of drug-likeness (QED) is 0.693. The molecule has 0 saturated heterocycles. The lowest BCUT2D eigenvalue weighted by Gasteiger charge is -2.39. The summed E-state index contributed by atoms with van der Waals surface area (Å²) in [5, 5.41) is 3.48. The van der Waals surface area contributed by atoms with Crippen LogP contribution in [0.15, 0.2) is 0 Å². The predicted octanol–water partition coefficient (Wildman–Crippen LogP) is 2.18. The monoisotopic (exact) mass is 282 g/mol. The minimum absolute atomic E-state index is 0.0710. The summed E-state index contributed by atoms with van der Waals surface area (Å²) in [7, 11) is 1.52. The second-order valence-electron chi connectivity index (χ2n) is 6.27. The third kappa shape index (κ3) is 3.17. The molecule has 0 aliphatic heterocycles. The molecule has 0 amide bonds. The van der Waals surface area contributed by atoms with Gasteiger partial charge < -0.3 is 10.1 Å². The summed E-state index contributed by atoms with van der Waals surface area (Å²) in [5.41, 5.74) is -0.484. The lowest BCUT2D eigenvalue weighted by Crippen LogP contribution is -2.62. The SMILES string of the molecule is CCNC(CN(CC)C1CCCC1)(C(=O)OC)C1CC1. The van der Waals surface area contributed by atoms with Crippen molar-refractivity contribution in [1.29, 1.82) is 0 Å². The lowest BCUT2D eigenvalue weighted by atomic mass is 9.91. The van der Waals surface area contributed by atoms with E-state index in [9.17, 15) is 4.79 Å². The maximum absolute atomic E-state index is 12.5. The number of rotatable bonds is 8. The zero-order valence-electron chi connectivity index (χ0n) is 13.3. The first-order chi connectivity index (χ1) is 9.67. The molecule has 0 heterocycles. The Morgan fingerprint density at radius 3 is 2.35 bits per heavy atom. The summed E-state index contributed by atoms with van der Waals surface area (Å²) in [5.74, 6) is 0.378. The zero-order valence-corrected chi connectivity index (χ0v) is 13.3. The normalized spacial score (nSPS) is 23.0. The van der Waals surface area contributed by atoms with Crippen LogP contribution in [-0.2, 0) is 9.53 Å². The first-order valence-corrected chi connectivity index (χ1v) is 8.25. The van der Waals surface area contributed by atoms with Gasteiger partial charge >= 0.3 is 5.97 Å². The summed E-state index contributed by atoms with van der Waals surface area (Å²) >= 11 is 0. The number of carbonyl (C=O) groups excluding carboxylic acids is 1. The van der Waals surface area contributed by atoms with Crippen LogP contribution in [0.25, 0.3) is 0 Å². The second kappa shape index (κ2) is 6.90. The van der Waals surface area contributed by atoms with Gasteiger partial charge in [-0.25, -0.2) is 4.79 Å². The van der Waals surface area contributed by atoms with E-state index in [1.807, 2.05) is 0 Å². The van der Waals surface area contributed by atoms with E-state index >= 15 is 0 Å². The molecule has 2 rings (SSSR count). The first kappa shape index (κ1) is 15.8. The number of carbonyl (C=O) groups is 1. The molecule has 4 heteroatoms. The van der Waals surface area contributed by atoms with Crippen LogP contribution in [0.1, 0.15) is 52.4 Å². The number of methoxy groups -OCH3 is 1. The minimum atomic E-state index is -0.484. The smallest absolute Gasteiger partial charge is 0.327 e. The standard InChI is InChI=1S/C16H30N2O2/c1-4-17-16(13-10-11-13,15(19)20-3)12-18(5-2)14-8-6-7-9-14/h13-14,17H,4-12H2,1-3H3. The molecule has 0 bridgehead atoms. The van der Waals surface area contributed by atoms with Gasteiger partial charge in [-0.05, 0) is 44.7 Å². The molecule has 2 aliphatic rings. The van der Waals surface area contributed by atoms with Gasteiger partial charge in [-0.1, -0.05) is 26.7 Å². The Balaban J connectivity index is 2.14. The molecule has 2 aliphatic carbocycles. The molecule has 1 unspecified atom stereocenters. The van der Waals surface area contributed by atoms with Gasteiger partial charge in [-0.15, -0.1) is 0 Å². The van der Waals surface area contributed by atoms with Crippen LogP contribution < -0.4 is 5.32 Å². The van der Waals surface area contributed by atoms with E-state index in [0.717, 1.165) is 32.5 Å². The molecule has 1 N–H and O–H groups in total. The van der Waals surface area contributed by atoms with Crippen molar-refractivity contribution >= 4 is 5.97 Å². The molecule has 4 nitrogen and oxygen atoms in total. The Hall–Kier alpha value is -0.610. The Kier molecular flexibility index (Phi) is 5.44. The summed E-state index contributed by atoms with van der Waals surface area (Å²) in [4.78, 5) is 15.0. The highest BCUT2D eigenvalue weighted by Gasteiger charge is 2.52. The molecule has 2 saturated carbocycles. The maximum Gasteiger partial charge on any atom is 0.327 e. The first-order valence-electron chi connectivity index (χ1n) is 8.25. The highest BCUT2D eigenvalue weighted by Crippen LogP contribution is 2.41. The molecule has 0 aromatic heterocycles. The van der Waals surface area contributed by atoms with E-state index < -0.39 is 5.54 Å². The van der Waals surface area contributed by atoms with Crippen LogP contribution >= 0.6 is 0 Å². The number of ether oxygens (including phenoxy) is 1. The number of likely N-dealkylation sites (N-methyl/N-ethyl adjacent to an activating group) is 2. The van der Waals surface area contributed by atoms with Gasteiger partial charge in [0.05, 0.1) is 7.11 Å². The van der Waals surface area contributed by atoms with E-state index in [-0.39, 0.29) is 5.97 Å². The fraction of sp³-hybridized carbons (Fsp3) is 0.938. The van der Waals surface area contributed by atoms with Gasteiger partial charge in [-0.2, -0.15) is 0 Å². The van der Waals surface area contributed by atoms with Crippen LogP contribution in [-0.4, -0.2) is 49.2 Å². The molecule has 2 fully saturated rings. The van der Waals surface area contributed by atoms with Gasteiger partial charge in [0.25, 0.3) is 0 Å². The van der Waals surface area contributed by atoms with Crippen LogP contribution in [0.4, 0.5) is 0 Å². The number of nitrogens with zero attached hydrogens (tertiary/aromatic N) is 1. The third-order valence-electron chi connectivity index (χ3n) is 5.02. The van der Waals surface area contributed by atoms with Crippen molar-refractivity contribution in [2.45, 2.75) is 64.0 Å². The number of hydrogen-bond acceptors (Lipinski definition) is 4. The van der Waals surface area contributed by atoms with Crippen molar-refractivity contribution in [3.8, 4) is 0 Å². The van der Waals surface area contributed by atoms with Gasteiger partial charge in [0, 0.05) is 12.6 Å². The number of esters is 1. The Morgan fingerprint density at radius 2 is 1.90 bits per heavy atom. The van der Waals surface area contributed by atoms with Gasteiger partial charge in [0.15, 0.2) is 0 Å². The molecule has 0 aromatic rings. The third-order valence-corrected chi connectivity index (χ3v) is 5.02. The van der Waals surface area contributed by atoms with E-state index in [1.54, 1.807) is 0 Å². The van der Waals surface area contributed by atoms with Gasteiger partial charge in [0.2, 0.25) is 0 Å². The summed E-state index contributed by atoms with van der Waals surface area (Å²) in [6.07, 6.45) is 7.51. The predicted molar refractivity (Wildman–Crippen MR) is 80.7 cm³/mol. The van der Waals surface area contributed by atoms with Crippen molar-refractivity contribution in [3.05, 3.63) is 0 Å². The van der Waals surface area contributed by atoms with Crippen LogP contribution in [0.3, 0.4) is 0 Å². The minimum Gasteiger partial charge on any atom is -0.468 e. The van der Waals surface area contributed by atoms with Crippen molar-refractivity contribution in [3.63, 3.8) is 0 Å². The van der Waals surface area contributed by atoms with Crippen LogP contribution in [0.5, 0.6) is 0 Å². The van der Waals surface area contributed by atoms with Gasteiger partial charge in [-0.3, -0.25) is 4.90 Å². The average Bonchev–Trinajstić information content (AvgIpc) is 3.18. The largest absolute Gasteiger partial charge is 0.468 e. The van der Waals surface area contributed by atoms with Crippen molar-refractivity contribution in [1.82, 2.24) is 10.2 Å². The second-order valence-corrected chi connectivity index (χ2v) is 6.27. The van der Waals surface area contributed by atoms with E-state index in [1.165, 1.54) is 32.8 Å². The summed E-state index contributed by atoms with van der Waals surface area (Å²) < 4.78 is 5.15. The Bertz CT molecular complexity index is 324. The van der Waals surface area contributed by atoms with Crippen LogP contribution in [0, 0.1) is 5.92 Å². The Labute approximate surface area is 123 Å². The van der Waals surface area contributed by atoms with E-state index in [0.29, 0.717) is 12.0 Å². The lowest BCUT2D eigenvalue weighted by molar-refractivity contribution is -0.151. The average molecular weight is 282 g/mol. The van der Waals surface area contributed by atoms with Crippen molar-refractivity contribution < 1.29 is 9.53 Å². The molecular weight excluding hydrogens is 252 g/mol. The zero-order chi connectivity index (χ0) is 14.6. The molecule has 0 spiro atoms. The maximum atomic E-state index is 12.5. The number of nitrogens with one attached hydrogen (secondary N) is 1. The summed E-state index contributed by atoms with van der Waals surface area (Å²) in [6.45, 7) is 6.92. The molecule has 1 atom stereocenters. The molecule has 20 heavy (non-hydrogen) atoms. The van der Waals surface area contributed by atoms with Crippen molar-refractivity contribution in [2.24, 2.45) is 5.92 Å². The molecule has 116 valence electrons. The highest BCUT2D eigenvalue weighted by atomic mass is 16.5. The fourth-order valence-corrected chi connectivity index (χ4v) is 3.80. The van der Waals surface area contributed by atoms with E-state index in [4.69, 9.17) is 4.74 Å². The number of hydrogen-bond donors (Lipinski definition) is 1. The topological polar surface area (TPSA) is 41.6 Å². The highest BCUT2D eigenvalue weighted by molar-refractivity contribution is 5.82. The van der Waals surface area contributed by atoms with E-state index in [2.05, 4.69) is 24.1 Å². The molecule has 0 radical (unpaired) electrons. The summed E-state index contributed by atoms with van der Waals surface area (Å²) in [6, 6.07) is 0.654. The molecular formula is C16H30N2O2. The van der Waals surface area contributed by atoms with Crippen LogP contribution in [0.2, 0.25) is 0 Å². The van der Waals surface area contributed by atoms with Gasteiger partial charge in [0.1, 0.15) is 5.54 Å². The van der Waals surface area contributed by atoms with Crippen molar-refractivity contribution in [2.75, 3.05) is 26.7 Å². The fourth-order valence-electron chi connectivity index (χ4n) is 3.80.